The van der Waals surface area contributed by atoms with Crippen molar-refractivity contribution in [2.45, 2.75) is 0 Å². The molecule has 106 valence electrons. The Bertz CT molecular complexity index is 785. The maximum atomic E-state index is 6.04. The molecule has 5 nitrogen and oxygen atoms in total. The van der Waals surface area contributed by atoms with Crippen LogP contribution in [0.2, 0.25) is 0 Å². The normalized spacial score (nSPS) is 10.6. The molecule has 0 saturated heterocycles. The van der Waals surface area contributed by atoms with Gasteiger partial charge in [0.1, 0.15) is 5.75 Å². The van der Waals surface area contributed by atoms with Gasteiger partial charge in [-0.05, 0) is 23.8 Å². The Morgan fingerprint density at radius 3 is 2.90 bits per heavy atom. The number of hydrogen-bond donors (Lipinski definition) is 2. The number of nitrogens with zero attached hydrogens (tertiary/aromatic N) is 2. The molecule has 2 heterocycles. The molecular weight excluding hydrogens is 332 g/mol. The Labute approximate surface area is 130 Å². The van der Waals surface area contributed by atoms with Crippen LogP contribution >= 0.6 is 15.9 Å². The van der Waals surface area contributed by atoms with E-state index in [1.54, 1.807) is 19.5 Å². The minimum Gasteiger partial charge on any atom is -0.494 e. The second kappa shape index (κ2) is 5.57. The smallest absolute Gasteiger partial charge is 0.153 e. The molecule has 0 fully saturated rings. The molecule has 0 aliphatic heterocycles. The fourth-order valence-corrected chi connectivity index (χ4v) is 2.64. The van der Waals surface area contributed by atoms with E-state index in [1.165, 1.54) is 0 Å². The summed E-state index contributed by atoms with van der Waals surface area (Å²) in [7, 11) is 1.61. The van der Waals surface area contributed by atoms with Crippen molar-refractivity contribution in [3.05, 3.63) is 47.2 Å². The number of aromatic amines is 1. The molecule has 0 amide bonds. The average Bonchev–Trinajstić information content (AvgIpc) is 2.88. The molecule has 0 atom stereocenters. The van der Waals surface area contributed by atoms with Gasteiger partial charge in [-0.3, -0.25) is 10.1 Å². The fourth-order valence-electron chi connectivity index (χ4n) is 2.24. The van der Waals surface area contributed by atoms with Gasteiger partial charge in [0.2, 0.25) is 0 Å². The first-order valence-electron chi connectivity index (χ1n) is 6.29. The highest BCUT2D eigenvalue weighted by Crippen LogP contribution is 2.38. The molecule has 3 rings (SSSR count). The zero-order valence-corrected chi connectivity index (χ0v) is 12.9. The van der Waals surface area contributed by atoms with Crippen molar-refractivity contribution >= 4 is 21.7 Å². The number of ether oxygens (including phenoxy) is 1. The van der Waals surface area contributed by atoms with Gasteiger partial charge in [-0.15, -0.1) is 0 Å². The number of rotatable bonds is 3. The molecule has 0 aliphatic carbocycles. The molecule has 0 aliphatic rings. The number of nitrogens with one attached hydrogen (secondary N) is 1. The van der Waals surface area contributed by atoms with E-state index in [4.69, 9.17) is 10.5 Å². The maximum Gasteiger partial charge on any atom is 0.153 e. The lowest BCUT2D eigenvalue weighted by Gasteiger charge is -2.09. The molecule has 0 saturated carbocycles. The third-order valence-corrected chi connectivity index (χ3v) is 3.67. The molecule has 6 heteroatoms. The lowest BCUT2D eigenvalue weighted by atomic mass is 10.0. The highest BCUT2D eigenvalue weighted by Gasteiger charge is 2.17. The molecule has 2 aromatic heterocycles. The number of halogens is 1. The van der Waals surface area contributed by atoms with Crippen LogP contribution in [-0.4, -0.2) is 22.3 Å². The summed E-state index contributed by atoms with van der Waals surface area (Å²) in [6, 6.07) is 9.78. The minimum absolute atomic E-state index is 0.446. The Morgan fingerprint density at radius 1 is 1.29 bits per heavy atom. The first-order valence-corrected chi connectivity index (χ1v) is 7.08. The summed E-state index contributed by atoms with van der Waals surface area (Å²) in [5.74, 6) is 1.11. The standard InChI is InChI=1S/C15H13BrN4O/c1-21-12-8-18-6-5-11(12)14-13(15(17)20-19-14)9-3-2-4-10(16)7-9/h2-8H,1H3,(H3,17,19,20). The van der Waals surface area contributed by atoms with Gasteiger partial charge in [-0.1, -0.05) is 28.1 Å². The first-order chi connectivity index (χ1) is 10.2. The van der Waals surface area contributed by atoms with Crippen molar-refractivity contribution in [1.82, 2.24) is 15.2 Å². The molecular formula is C15H13BrN4O. The van der Waals surface area contributed by atoms with Crippen LogP contribution in [0.15, 0.2) is 47.2 Å². The van der Waals surface area contributed by atoms with Crippen molar-refractivity contribution in [1.29, 1.82) is 0 Å². The quantitative estimate of drug-likeness (QED) is 0.762. The molecule has 0 bridgehead atoms. The molecule has 21 heavy (non-hydrogen) atoms. The lowest BCUT2D eigenvalue weighted by molar-refractivity contribution is 0.414. The highest BCUT2D eigenvalue weighted by molar-refractivity contribution is 9.10. The highest BCUT2D eigenvalue weighted by atomic mass is 79.9. The predicted molar refractivity (Wildman–Crippen MR) is 85.9 cm³/mol. The van der Waals surface area contributed by atoms with E-state index >= 15 is 0 Å². The Balaban J connectivity index is 2.22. The Morgan fingerprint density at radius 2 is 2.14 bits per heavy atom. The summed E-state index contributed by atoms with van der Waals surface area (Å²) in [5.41, 5.74) is 9.54. The average molecular weight is 345 g/mol. The van der Waals surface area contributed by atoms with Crippen molar-refractivity contribution < 1.29 is 4.74 Å². The van der Waals surface area contributed by atoms with Gasteiger partial charge in [0.15, 0.2) is 5.82 Å². The number of hydrogen-bond acceptors (Lipinski definition) is 4. The van der Waals surface area contributed by atoms with Gasteiger partial charge in [-0.2, -0.15) is 5.10 Å². The number of nitrogens with two attached hydrogens (primary N) is 1. The van der Waals surface area contributed by atoms with E-state index < -0.39 is 0 Å². The Hall–Kier alpha value is -2.34. The largest absolute Gasteiger partial charge is 0.494 e. The summed E-state index contributed by atoms with van der Waals surface area (Å²) in [5, 5.41) is 7.12. The first kappa shape index (κ1) is 13.6. The van der Waals surface area contributed by atoms with E-state index in [0.29, 0.717) is 11.6 Å². The molecule has 3 aromatic rings. The monoisotopic (exact) mass is 344 g/mol. The van der Waals surface area contributed by atoms with Gasteiger partial charge in [0.05, 0.1) is 24.6 Å². The summed E-state index contributed by atoms with van der Waals surface area (Å²) in [6.07, 6.45) is 3.37. The molecule has 0 spiro atoms. The second-order valence-electron chi connectivity index (χ2n) is 4.45. The van der Waals surface area contributed by atoms with E-state index in [9.17, 15) is 0 Å². The van der Waals surface area contributed by atoms with Gasteiger partial charge in [0.25, 0.3) is 0 Å². The molecule has 3 N–H and O–H groups in total. The molecule has 0 radical (unpaired) electrons. The summed E-state index contributed by atoms with van der Waals surface area (Å²) in [4.78, 5) is 4.07. The molecule has 0 unspecified atom stereocenters. The fraction of sp³-hybridized carbons (Fsp3) is 0.0667. The number of benzene rings is 1. The third-order valence-electron chi connectivity index (χ3n) is 3.18. The van der Waals surface area contributed by atoms with Crippen LogP contribution in [0.3, 0.4) is 0 Å². The summed E-state index contributed by atoms with van der Waals surface area (Å²) >= 11 is 3.48. The second-order valence-corrected chi connectivity index (χ2v) is 5.36. The Kier molecular flexibility index (Phi) is 3.62. The lowest BCUT2D eigenvalue weighted by Crippen LogP contribution is -1.92. The number of H-pyrrole nitrogens is 1. The minimum atomic E-state index is 0.446. The van der Waals surface area contributed by atoms with Crippen LogP contribution in [0.4, 0.5) is 5.82 Å². The van der Waals surface area contributed by atoms with E-state index in [1.807, 2.05) is 30.3 Å². The van der Waals surface area contributed by atoms with Crippen LogP contribution in [-0.2, 0) is 0 Å². The van der Waals surface area contributed by atoms with Gasteiger partial charge >= 0.3 is 0 Å². The van der Waals surface area contributed by atoms with Crippen LogP contribution in [0.25, 0.3) is 22.4 Å². The number of anilines is 1. The van der Waals surface area contributed by atoms with Crippen molar-refractivity contribution in [2.75, 3.05) is 12.8 Å². The zero-order valence-electron chi connectivity index (χ0n) is 11.3. The van der Waals surface area contributed by atoms with Crippen LogP contribution in [0, 0.1) is 0 Å². The topological polar surface area (TPSA) is 76.8 Å². The summed E-state index contributed by atoms with van der Waals surface area (Å²) in [6.45, 7) is 0. The van der Waals surface area contributed by atoms with E-state index in [0.717, 1.165) is 26.9 Å². The third kappa shape index (κ3) is 2.50. The maximum absolute atomic E-state index is 6.04. The van der Waals surface area contributed by atoms with Gasteiger partial charge in [0, 0.05) is 16.2 Å². The zero-order chi connectivity index (χ0) is 14.8. The van der Waals surface area contributed by atoms with Crippen molar-refractivity contribution in [3.8, 4) is 28.1 Å². The van der Waals surface area contributed by atoms with Gasteiger partial charge in [-0.25, -0.2) is 0 Å². The summed E-state index contributed by atoms with van der Waals surface area (Å²) < 4.78 is 6.34. The van der Waals surface area contributed by atoms with Crippen molar-refractivity contribution in [2.24, 2.45) is 0 Å². The number of nitrogen functional groups attached to an aromatic ring is 1. The number of aromatic nitrogens is 3. The van der Waals surface area contributed by atoms with Crippen LogP contribution < -0.4 is 10.5 Å². The molecule has 1 aromatic carbocycles. The SMILES string of the molecule is COc1cnccc1-c1[nH]nc(N)c1-c1cccc(Br)c1. The van der Waals surface area contributed by atoms with Crippen LogP contribution in [0.5, 0.6) is 5.75 Å². The predicted octanol–water partition coefficient (Wildman–Crippen LogP) is 3.49. The number of methoxy groups -OCH3 is 1. The van der Waals surface area contributed by atoms with Gasteiger partial charge < -0.3 is 10.5 Å². The van der Waals surface area contributed by atoms with Crippen molar-refractivity contribution in [3.63, 3.8) is 0 Å². The van der Waals surface area contributed by atoms with E-state index in [-0.39, 0.29) is 0 Å². The number of pyridine rings is 1. The van der Waals surface area contributed by atoms with Crippen LogP contribution in [0.1, 0.15) is 0 Å². The van der Waals surface area contributed by atoms with E-state index in [2.05, 4.69) is 31.1 Å².